The zero-order chi connectivity index (χ0) is 18.6. The van der Waals surface area contributed by atoms with Gasteiger partial charge in [0.25, 0.3) is 0 Å². The smallest absolute Gasteiger partial charge is 0.355 e. The molecular weight excluding hydrogens is 398 g/mol. The monoisotopic (exact) mass is 413 g/mol. The first-order valence-corrected chi connectivity index (χ1v) is 7.86. The Hall–Kier alpha value is -2.39. The summed E-state index contributed by atoms with van der Waals surface area (Å²) in [5, 5.41) is 0. The lowest BCUT2D eigenvalue weighted by atomic mass is 10.1. The van der Waals surface area contributed by atoms with E-state index in [2.05, 4.69) is 15.9 Å². The van der Waals surface area contributed by atoms with Crippen LogP contribution >= 0.6 is 15.9 Å². The fourth-order valence-corrected chi connectivity index (χ4v) is 2.69. The molecule has 1 aliphatic rings. The fraction of sp³-hybridized carbons (Fsp3) is 0.312. The van der Waals surface area contributed by atoms with Crippen LogP contribution in [0.4, 0.5) is 5.69 Å². The maximum atomic E-state index is 12.3. The van der Waals surface area contributed by atoms with Crippen LogP contribution in [0, 0.1) is 0 Å². The summed E-state index contributed by atoms with van der Waals surface area (Å²) in [5.74, 6) is -2.07. The number of carbonyl (C=O) groups is 3. The summed E-state index contributed by atoms with van der Waals surface area (Å²) in [4.78, 5) is 37.8. The average Bonchev–Trinajstić information content (AvgIpc) is 2.65. The lowest BCUT2D eigenvalue weighted by molar-refractivity contribution is -0.140. The van der Waals surface area contributed by atoms with Crippen LogP contribution in [0.3, 0.4) is 0 Å². The number of carbonyl (C=O) groups excluding carboxylic acids is 3. The molecule has 134 valence electrons. The molecule has 9 heteroatoms. The van der Waals surface area contributed by atoms with Crippen molar-refractivity contribution in [3.8, 4) is 0 Å². The first kappa shape index (κ1) is 18.9. The minimum absolute atomic E-state index is 0.00334. The predicted octanol–water partition coefficient (Wildman–Crippen LogP) is 1.63. The molecule has 1 heterocycles. The van der Waals surface area contributed by atoms with Crippen molar-refractivity contribution in [2.75, 3.05) is 39.6 Å². The Morgan fingerprint density at radius 2 is 1.68 bits per heavy atom. The second-order valence-corrected chi connectivity index (χ2v) is 5.78. The molecule has 0 fully saturated rings. The Morgan fingerprint density at radius 3 is 2.28 bits per heavy atom. The highest BCUT2D eigenvalue weighted by Crippen LogP contribution is 2.32. The molecule has 8 nitrogen and oxygen atoms in total. The van der Waals surface area contributed by atoms with Crippen molar-refractivity contribution in [1.29, 1.82) is 0 Å². The van der Waals surface area contributed by atoms with E-state index in [-0.39, 0.29) is 30.2 Å². The van der Waals surface area contributed by atoms with E-state index in [0.29, 0.717) is 10.2 Å². The van der Waals surface area contributed by atoms with Crippen molar-refractivity contribution in [3.63, 3.8) is 0 Å². The number of esters is 3. The summed E-state index contributed by atoms with van der Waals surface area (Å²) >= 11 is 3.32. The van der Waals surface area contributed by atoms with Crippen molar-refractivity contribution < 1.29 is 33.3 Å². The molecular formula is C16H16BrNO7. The molecule has 0 spiro atoms. The van der Waals surface area contributed by atoms with Gasteiger partial charge in [-0.05, 0) is 18.2 Å². The highest BCUT2D eigenvalue weighted by Gasteiger charge is 2.34. The van der Waals surface area contributed by atoms with Crippen LogP contribution in [0.2, 0.25) is 0 Å². The van der Waals surface area contributed by atoms with E-state index in [9.17, 15) is 14.4 Å². The highest BCUT2D eigenvalue weighted by atomic mass is 79.9. The number of hydrogen-bond acceptors (Lipinski definition) is 8. The van der Waals surface area contributed by atoms with Crippen LogP contribution in [0.15, 0.2) is 33.9 Å². The van der Waals surface area contributed by atoms with Crippen LogP contribution in [-0.4, -0.2) is 52.6 Å². The van der Waals surface area contributed by atoms with Gasteiger partial charge in [-0.25, -0.2) is 14.4 Å². The molecule has 0 atom stereocenters. The van der Waals surface area contributed by atoms with E-state index in [1.807, 2.05) is 0 Å². The molecule has 1 aliphatic heterocycles. The van der Waals surface area contributed by atoms with Crippen LogP contribution in [0.25, 0.3) is 0 Å². The molecule has 0 radical (unpaired) electrons. The van der Waals surface area contributed by atoms with Gasteiger partial charge in [-0.3, -0.25) is 0 Å². The zero-order valence-electron chi connectivity index (χ0n) is 13.8. The lowest BCUT2D eigenvalue weighted by Gasteiger charge is -2.32. The van der Waals surface area contributed by atoms with Crippen LogP contribution in [-0.2, 0) is 28.5 Å². The molecule has 0 amide bonds. The van der Waals surface area contributed by atoms with E-state index in [1.165, 1.54) is 32.3 Å². The molecule has 0 aliphatic carbocycles. The fourth-order valence-electron chi connectivity index (χ4n) is 2.34. The van der Waals surface area contributed by atoms with Gasteiger partial charge in [0.2, 0.25) is 0 Å². The Kier molecular flexibility index (Phi) is 6.16. The second-order valence-electron chi connectivity index (χ2n) is 4.87. The Balaban J connectivity index is 2.67. The number of rotatable bonds is 4. The maximum absolute atomic E-state index is 12.3. The van der Waals surface area contributed by atoms with E-state index in [1.54, 1.807) is 12.1 Å². The number of benzene rings is 1. The average molecular weight is 414 g/mol. The summed E-state index contributed by atoms with van der Waals surface area (Å²) in [5.41, 5.74) is 0.463. The van der Waals surface area contributed by atoms with Gasteiger partial charge in [0.15, 0.2) is 0 Å². The van der Waals surface area contributed by atoms with E-state index in [0.717, 1.165) is 0 Å². The van der Waals surface area contributed by atoms with Gasteiger partial charge in [0.1, 0.15) is 12.4 Å². The third-order valence-corrected chi connectivity index (χ3v) is 3.98. The van der Waals surface area contributed by atoms with Gasteiger partial charge in [-0.1, -0.05) is 15.9 Å². The maximum Gasteiger partial charge on any atom is 0.355 e. The molecule has 0 saturated heterocycles. The molecule has 2 rings (SSSR count). The highest BCUT2D eigenvalue weighted by molar-refractivity contribution is 9.10. The van der Waals surface area contributed by atoms with Gasteiger partial charge in [-0.2, -0.15) is 0 Å². The quantitative estimate of drug-likeness (QED) is 0.543. The van der Waals surface area contributed by atoms with E-state index >= 15 is 0 Å². The minimum atomic E-state index is -0.750. The minimum Gasteiger partial charge on any atom is -0.466 e. The molecule has 0 unspecified atom stereocenters. The van der Waals surface area contributed by atoms with Crippen molar-refractivity contribution in [3.05, 3.63) is 39.5 Å². The molecule has 25 heavy (non-hydrogen) atoms. The van der Waals surface area contributed by atoms with Gasteiger partial charge in [-0.15, -0.1) is 0 Å². The molecule has 0 bridgehead atoms. The van der Waals surface area contributed by atoms with E-state index < -0.39 is 17.9 Å². The van der Waals surface area contributed by atoms with Gasteiger partial charge in [0, 0.05) is 4.47 Å². The van der Waals surface area contributed by atoms with Crippen molar-refractivity contribution in [1.82, 2.24) is 0 Å². The van der Waals surface area contributed by atoms with Crippen molar-refractivity contribution in [2.45, 2.75) is 0 Å². The summed E-state index contributed by atoms with van der Waals surface area (Å²) in [6, 6.07) is 4.80. The Bertz CT molecular complexity index is 744. The summed E-state index contributed by atoms with van der Waals surface area (Å²) < 4.78 is 20.3. The van der Waals surface area contributed by atoms with Gasteiger partial charge < -0.3 is 23.8 Å². The summed E-state index contributed by atoms with van der Waals surface area (Å²) in [6.07, 6.45) is 0. The zero-order valence-corrected chi connectivity index (χ0v) is 15.4. The largest absolute Gasteiger partial charge is 0.466 e. The molecule has 0 aromatic heterocycles. The van der Waals surface area contributed by atoms with Crippen LogP contribution in [0.1, 0.15) is 10.4 Å². The first-order valence-electron chi connectivity index (χ1n) is 7.07. The Morgan fingerprint density at radius 1 is 1.04 bits per heavy atom. The number of anilines is 1. The lowest BCUT2D eigenvalue weighted by Crippen LogP contribution is -2.39. The molecule has 0 saturated carbocycles. The third-order valence-electron chi connectivity index (χ3n) is 3.49. The van der Waals surface area contributed by atoms with Crippen LogP contribution < -0.4 is 4.90 Å². The SMILES string of the molecule is COC(=O)C1=C(C(=O)OC)N(c2cc(Br)ccc2C(=O)OC)COC1. The molecule has 1 aromatic carbocycles. The van der Waals surface area contributed by atoms with Crippen molar-refractivity contribution in [2.24, 2.45) is 0 Å². The predicted molar refractivity (Wildman–Crippen MR) is 89.8 cm³/mol. The summed E-state index contributed by atoms with van der Waals surface area (Å²) in [7, 11) is 3.64. The molecule has 1 aromatic rings. The second kappa shape index (κ2) is 8.13. The normalized spacial score (nSPS) is 14.2. The summed E-state index contributed by atoms with van der Waals surface area (Å²) in [6.45, 7) is -0.180. The topological polar surface area (TPSA) is 91.4 Å². The van der Waals surface area contributed by atoms with Gasteiger partial charge in [0.05, 0.1) is 44.8 Å². The van der Waals surface area contributed by atoms with Gasteiger partial charge >= 0.3 is 17.9 Å². The number of hydrogen-bond donors (Lipinski definition) is 0. The number of ether oxygens (including phenoxy) is 4. The first-order chi connectivity index (χ1) is 11.9. The van der Waals surface area contributed by atoms with E-state index in [4.69, 9.17) is 18.9 Å². The number of halogens is 1. The van der Waals surface area contributed by atoms with Crippen molar-refractivity contribution >= 4 is 39.5 Å². The number of nitrogens with zero attached hydrogens (tertiary/aromatic N) is 1. The Labute approximate surface area is 152 Å². The van der Waals surface area contributed by atoms with Crippen LogP contribution in [0.5, 0.6) is 0 Å². The number of methoxy groups -OCH3 is 3. The molecule has 0 N–H and O–H groups in total. The third kappa shape index (κ3) is 3.83. The standard InChI is InChI=1S/C16H16BrNO7/c1-22-14(19)10-5-4-9(17)6-12(10)18-8-25-7-11(15(20)23-2)13(18)16(21)24-3/h4-6H,7-8H2,1-3H3.